The van der Waals surface area contributed by atoms with Gasteiger partial charge in [0.2, 0.25) is 0 Å². The number of halogens is 4. The van der Waals surface area contributed by atoms with Crippen molar-refractivity contribution in [2.75, 3.05) is 5.32 Å². The third-order valence-corrected chi connectivity index (χ3v) is 7.24. The van der Waals surface area contributed by atoms with E-state index in [1.165, 1.54) is 11.8 Å². The Labute approximate surface area is 221 Å². The first kappa shape index (κ1) is 26.4. The minimum Gasteiger partial charge on any atom is -0.481 e. The lowest BCUT2D eigenvalue weighted by Gasteiger charge is -2.28. The molecule has 1 saturated carbocycles. The number of carboxylic acid groups (broad SMARTS) is 1. The van der Waals surface area contributed by atoms with Crippen molar-refractivity contribution in [2.24, 2.45) is 5.92 Å². The molecule has 4 aromatic rings. The summed E-state index contributed by atoms with van der Waals surface area (Å²) in [6, 6.07) is 13.8. The molecule has 39 heavy (non-hydrogen) atoms. The van der Waals surface area contributed by atoms with E-state index in [1.54, 1.807) is 16.7 Å². The molecule has 1 aliphatic carbocycles. The van der Waals surface area contributed by atoms with Crippen molar-refractivity contribution in [3.63, 3.8) is 0 Å². The van der Waals surface area contributed by atoms with Crippen LogP contribution in [0.15, 0.2) is 67.0 Å². The summed E-state index contributed by atoms with van der Waals surface area (Å²) in [7, 11) is 0. The second-order valence-corrected chi connectivity index (χ2v) is 9.89. The molecule has 0 bridgehead atoms. The predicted octanol–water partition coefficient (Wildman–Crippen LogP) is 7.16. The maximum absolute atomic E-state index is 13.4. The molecule has 2 aromatic carbocycles. The number of rotatable bonds is 6. The number of benzene rings is 2. The molecule has 1 fully saturated rings. The lowest BCUT2D eigenvalue weighted by molar-refractivity contribution is -0.138. The quantitative estimate of drug-likeness (QED) is 0.255. The molecule has 0 atom stereocenters. The highest BCUT2D eigenvalue weighted by atomic mass is 19.4. The Bertz CT molecular complexity index is 1520. The molecule has 5 rings (SSSR count). The summed E-state index contributed by atoms with van der Waals surface area (Å²) in [6.45, 7) is 0. The minimum absolute atomic E-state index is 0.0848. The highest BCUT2D eigenvalue weighted by Gasteiger charge is 2.34. The van der Waals surface area contributed by atoms with E-state index in [-0.39, 0.29) is 18.0 Å². The van der Waals surface area contributed by atoms with Crippen LogP contribution >= 0.6 is 0 Å². The Kier molecular flexibility index (Phi) is 7.12. The van der Waals surface area contributed by atoms with Crippen LogP contribution in [-0.4, -0.2) is 26.4 Å². The van der Waals surface area contributed by atoms with Gasteiger partial charge in [-0.05, 0) is 84.5 Å². The first-order valence-corrected chi connectivity index (χ1v) is 12.6. The number of fused-ring (bicyclic) bond motifs is 1. The highest BCUT2D eigenvalue weighted by molar-refractivity contribution is 6.03. The molecule has 2 N–H and O–H groups in total. The number of nitrogens with zero attached hydrogens (tertiary/aromatic N) is 2. The number of pyridine rings is 1. The van der Waals surface area contributed by atoms with Gasteiger partial charge in [0.25, 0.3) is 5.91 Å². The van der Waals surface area contributed by atoms with Crippen LogP contribution in [0, 0.1) is 11.7 Å². The number of imidazole rings is 1. The van der Waals surface area contributed by atoms with Gasteiger partial charge in [-0.3, -0.25) is 9.59 Å². The number of nitrogens with one attached hydrogen (secondary N) is 1. The van der Waals surface area contributed by atoms with Crippen molar-refractivity contribution in [3.8, 4) is 11.1 Å². The van der Waals surface area contributed by atoms with Gasteiger partial charge in [0.1, 0.15) is 17.2 Å². The Morgan fingerprint density at radius 2 is 1.64 bits per heavy atom. The van der Waals surface area contributed by atoms with Crippen molar-refractivity contribution in [1.82, 2.24) is 9.38 Å². The van der Waals surface area contributed by atoms with Gasteiger partial charge >= 0.3 is 12.1 Å². The maximum atomic E-state index is 13.4. The fourth-order valence-electron chi connectivity index (χ4n) is 5.21. The van der Waals surface area contributed by atoms with Crippen LogP contribution in [0.2, 0.25) is 0 Å². The molecule has 1 amide bonds. The lowest BCUT2D eigenvalue weighted by Crippen LogP contribution is -2.17. The molecular weight excluding hydrogens is 514 g/mol. The Morgan fingerprint density at radius 3 is 2.31 bits per heavy atom. The first-order valence-electron chi connectivity index (χ1n) is 12.6. The zero-order valence-corrected chi connectivity index (χ0v) is 20.7. The second kappa shape index (κ2) is 10.5. The van der Waals surface area contributed by atoms with Crippen LogP contribution < -0.4 is 5.32 Å². The number of aliphatic carboxylic acids is 1. The monoisotopic (exact) mass is 539 g/mol. The topological polar surface area (TPSA) is 83.7 Å². The van der Waals surface area contributed by atoms with Crippen LogP contribution in [0.4, 0.5) is 23.2 Å². The number of amides is 1. The van der Waals surface area contributed by atoms with Gasteiger partial charge in [-0.1, -0.05) is 24.3 Å². The van der Waals surface area contributed by atoms with Crippen molar-refractivity contribution in [3.05, 3.63) is 89.6 Å². The molecule has 6 nitrogen and oxygen atoms in total. The molecular formula is C29H25F4N3O3. The molecule has 0 aliphatic heterocycles. The maximum Gasteiger partial charge on any atom is 0.418 e. The average molecular weight is 540 g/mol. The molecule has 202 valence electrons. The van der Waals surface area contributed by atoms with Gasteiger partial charge in [-0.15, -0.1) is 0 Å². The molecule has 0 saturated heterocycles. The lowest BCUT2D eigenvalue weighted by atomic mass is 9.77. The summed E-state index contributed by atoms with van der Waals surface area (Å²) in [6.07, 6.45) is 2.34. The Hall–Kier alpha value is -4.21. The molecule has 0 unspecified atom stereocenters. The average Bonchev–Trinajstić information content (AvgIpc) is 3.33. The van der Waals surface area contributed by atoms with Crippen LogP contribution in [-0.2, 0) is 11.0 Å². The van der Waals surface area contributed by atoms with E-state index in [9.17, 15) is 27.2 Å². The largest absolute Gasteiger partial charge is 0.481 e. The SMILES string of the molecule is O=C(O)C[C@H]1CC[C@H](c2ccc(-c3ccc4nc(C(=O)Nc5ccc(F)cc5C(F)(F)F)cn4c3)cc2)CC1. The smallest absolute Gasteiger partial charge is 0.418 e. The van der Waals surface area contributed by atoms with Gasteiger partial charge in [-0.25, -0.2) is 9.37 Å². The summed E-state index contributed by atoms with van der Waals surface area (Å²) in [5.74, 6) is -2.00. The van der Waals surface area contributed by atoms with Crippen molar-refractivity contribution in [1.29, 1.82) is 0 Å². The number of carboxylic acids is 1. The molecule has 1 aliphatic rings. The summed E-state index contributed by atoms with van der Waals surface area (Å²) in [4.78, 5) is 27.9. The standard InChI is InChI=1S/C29H25F4N3O3/c30-22-10-11-24(23(14-22)29(31,32)33)35-28(39)25-16-36-15-21(9-12-26(36)34-25)20-7-5-19(6-8-20)18-3-1-17(2-4-18)13-27(37)38/h5-12,14-18H,1-4,13H2,(H,35,39)(H,37,38)/t17-,18-. The fourth-order valence-corrected chi connectivity index (χ4v) is 5.21. The van der Waals surface area contributed by atoms with E-state index in [1.807, 2.05) is 18.2 Å². The zero-order valence-electron chi connectivity index (χ0n) is 20.7. The van der Waals surface area contributed by atoms with Gasteiger partial charge in [0.15, 0.2) is 0 Å². The molecule has 0 spiro atoms. The second-order valence-electron chi connectivity index (χ2n) is 9.89. The van der Waals surface area contributed by atoms with Gasteiger partial charge < -0.3 is 14.8 Å². The van der Waals surface area contributed by atoms with E-state index in [2.05, 4.69) is 22.4 Å². The summed E-state index contributed by atoms with van der Waals surface area (Å²) < 4.78 is 54.9. The number of hydrogen-bond acceptors (Lipinski definition) is 3. The Morgan fingerprint density at radius 1 is 0.949 bits per heavy atom. The van der Waals surface area contributed by atoms with Crippen molar-refractivity contribution < 1.29 is 32.3 Å². The number of alkyl halides is 3. The van der Waals surface area contributed by atoms with Crippen molar-refractivity contribution >= 4 is 23.2 Å². The summed E-state index contributed by atoms with van der Waals surface area (Å²) >= 11 is 0. The first-order chi connectivity index (χ1) is 18.6. The number of aromatic nitrogens is 2. The zero-order chi connectivity index (χ0) is 27.7. The third-order valence-electron chi connectivity index (χ3n) is 7.24. The van der Waals surface area contributed by atoms with Crippen LogP contribution in [0.25, 0.3) is 16.8 Å². The highest BCUT2D eigenvalue weighted by Crippen LogP contribution is 2.38. The van der Waals surface area contributed by atoms with Gasteiger partial charge in [0, 0.05) is 18.8 Å². The van der Waals surface area contributed by atoms with E-state index >= 15 is 0 Å². The molecule has 2 heterocycles. The molecule has 2 aromatic heterocycles. The van der Waals surface area contributed by atoms with Crippen LogP contribution in [0.5, 0.6) is 0 Å². The third kappa shape index (κ3) is 5.94. The van der Waals surface area contributed by atoms with E-state index < -0.39 is 35.1 Å². The van der Waals surface area contributed by atoms with Gasteiger partial charge in [-0.2, -0.15) is 13.2 Å². The van der Waals surface area contributed by atoms with Crippen LogP contribution in [0.3, 0.4) is 0 Å². The minimum atomic E-state index is -4.84. The van der Waals surface area contributed by atoms with E-state index in [0.717, 1.165) is 48.9 Å². The molecule has 0 radical (unpaired) electrons. The number of hydrogen-bond donors (Lipinski definition) is 2. The number of carbonyl (C=O) groups is 2. The summed E-state index contributed by atoms with van der Waals surface area (Å²) in [5, 5.41) is 11.2. The molecule has 10 heteroatoms. The Balaban J connectivity index is 1.30. The van der Waals surface area contributed by atoms with Crippen LogP contribution in [0.1, 0.15) is 59.6 Å². The van der Waals surface area contributed by atoms with Gasteiger partial charge in [0.05, 0.1) is 11.3 Å². The van der Waals surface area contributed by atoms with E-state index in [4.69, 9.17) is 5.11 Å². The normalized spacial score (nSPS) is 17.7. The van der Waals surface area contributed by atoms with Crippen molar-refractivity contribution in [2.45, 2.75) is 44.2 Å². The summed E-state index contributed by atoms with van der Waals surface area (Å²) in [5.41, 5.74) is 1.55. The van der Waals surface area contributed by atoms with E-state index in [0.29, 0.717) is 17.6 Å². The fraction of sp³-hybridized carbons (Fsp3) is 0.276. The number of anilines is 1. The predicted molar refractivity (Wildman–Crippen MR) is 137 cm³/mol. The number of carbonyl (C=O) groups excluding carboxylic acids is 1.